The highest BCUT2D eigenvalue weighted by molar-refractivity contribution is 6.03. The molecule has 0 atom stereocenters. The van der Waals surface area contributed by atoms with E-state index in [1.165, 1.54) is 12.5 Å². The first-order valence-electron chi connectivity index (χ1n) is 14.0. The highest BCUT2D eigenvalue weighted by Crippen LogP contribution is 2.26. The molecule has 0 bridgehead atoms. The molecule has 208 valence electrons. The number of pyridine rings is 1. The molecule has 6 rings (SSSR count). The molecule has 1 saturated carbocycles. The molecule has 9 heteroatoms. The molecule has 5 aromatic rings. The number of rotatable bonds is 9. The Morgan fingerprint density at radius 2 is 1.90 bits per heavy atom. The minimum absolute atomic E-state index is 0.151. The van der Waals surface area contributed by atoms with Crippen molar-refractivity contribution in [2.24, 2.45) is 0 Å². The number of furan rings is 1. The van der Waals surface area contributed by atoms with Crippen LogP contribution in [0.1, 0.15) is 47.4 Å². The summed E-state index contributed by atoms with van der Waals surface area (Å²) in [6.07, 6.45) is 9.19. The van der Waals surface area contributed by atoms with E-state index in [4.69, 9.17) is 9.52 Å². The van der Waals surface area contributed by atoms with Crippen LogP contribution in [0.3, 0.4) is 0 Å². The fourth-order valence-corrected chi connectivity index (χ4v) is 5.61. The van der Waals surface area contributed by atoms with Crippen LogP contribution in [0.2, 0.25) is 0 Å². The number of nitrogens with zero attached hydrogens (tertiary/aromatic N) is 5. The number of amides is 2. The maximum absolute atomic E-state index is 13.7. The van der Waals surface area contributed by atoms with Crippen LogP contribution in [0.4, 0.5) is 5.82 Å². The van der Waals surface area contributed by atoms with Gasteiger partial charge in [0.15, 0.2) is 5.82 Å². The zero-order valence-electron chi connectivity index (χ0n) is 23.0. The largest absolute Gasteiger partial charge is 0.472 e. The van der Waals surface area contributed by atoms with Crippen molar-refractivity contribution in [3.63, 3.8) is 0 Å². The van der Waals surface area contributed by atoms with E-state index >= 15 is 0 Å². The molecule has 0 aliphatic heterocycles. The summed E-state index contributed by atoms with van der Waals surface area (Å²) in [5.41, 5.74) is 2.21. The molecule has 3 aromatic heterocycles. The van der Waals surface area contributed by atoms with Gasteiger partial charge in [0.2, 0.25) is 5.91 Å². The SMILES string of the molecule is Cc1nc(-c2ccnc(NC(=O)c3ccoc3)c2)nn1CCN(C(=O)Cc1cccc2ccccc12)C1CCCC1. The summed E-state index contributed by atoms with van der Waals surface area (Å²) < 4.78 is 6.84. The number of carbonyl (C=O) groups is 2. The molecule has 1 N–H and O–H groups in total. The van der Waals surface area contributed by atoms with Crippen molar-refractivity contribution in [2.45, 2.75) is 51.6 Å². The molecule has 3 heterocycles. The average Bonchev–Trinajstić information content (AvgIpc) is 3.77. The molecule has 0 radical (unpaired) electrons. The van der Waals surface area contributed by atoms with Gasteiger partial charge in [0.05, 0.1) is 24.8 Å². The summed E-state index contributed by atoms with van der Waals surface area (Å²) in [5, 5.41) is 9.80. The van der Waals surface area contributed by atoms with Gasteiger partial charge >= 0.3 is 0 Å². The van der Waals surface area contributed by atoms with Crippen LogP contribution in [0.5, 0.6) is 0 Å². The summed E-state index contributed by atoms with van der Waals surface area (Å²) in [7, 11) is 0. The molecule has 0 unspecified atom stereocenters. The summed E-state index contributed by atoms with van der Waals surface area (Å²) >= 11 is 0. The molecular weight excluding hydrogens is 516 g/mol. The van der Waals surface area contributed by atoms with Crippen LogP contribution >= 0.6 is 0 Å². The van der Waals surface area contributed by atoms with E-state index in [2.05, 4.69) is 44.5 Å². The van der Waals surface area contributed by atoms with E-state index in [9.17, 15) is 9.59 Å². The molecular formula is C32H32N6O3. The number of aryl methyl sites for hydroxylation is 1. The van der Waals surface area contributed by atoms with E-state index in [1.807, 2.05) is 35.9 Å². The van der Waals surface area contributed by atoms with Crippen LogP contribution in [0, 0.1) is 6.92 Å². The van der Waals surface area contributed by atoms with Crippen molar-refractivity contribution < 1.29 is 14.0 Å². The highest BCUT2D eigenvalue weighted by Gasteiger charge is 2.27. The maximum Gasteiger partial charge on any atom is 0.260 e. The Bertz CT molecular complexity index is 1660. The lowest BCUT2D eigenvalue weighted by Crippen LogP contribution is -2.42. The molecule has 1 aliphatic rings. The molecule has 0 spiro atoms. The van der Waals surface area contributed by atoms with Gasteiger partial charge in [-0.3, -0.25) is 9.59 Å². The first-order chi connectivity index (χ1) is 20.0. The number of anilines is 1. The Kier molecular flexibility index (Phi) is 7.58. The quantitative estimate of drug-likeness (QED) is 0.255. The minimum Gasteiger partial charge on any atom is -0.472 e. The van der Waals surface area contributed by atoms with Crippen LogP contribution in [0.15, 0.2) is 83.8 Å². The third-order valence-corrected chi connectivity index (χ3v) is 7.76. The Balaban J connectivity index is 1.17. The predicted octanol–water partition coefficient (Wildman–Crippen LogP) is 5.66. The molecule has 0 saturated heterocycles. The second-order valence-electron chi connectivity index (χ2n) is 10.4. The van der Waals surface area contributed by atoms with Gasteiger partial charge in [0.1, 0.15) is 17.9 Å². The van der Waals surface area contributed by atoms with Gasteiger partial charge in [-0.2, -0.15) is 5.10 Å². The molecule has 1 fully saturated rings. The lowest BCUT2D eigenvalue weighted by Gasteiger charge is -2.29. The van der Waals surface area contributed by atoms with Crippen molar-refractivity contribution in [1.82, 2.24) is 24.6 Å². The number of hydrogen-bond donors (Lipinski definition) is 1. The third-order valence-electron chi connectivity index (χ3n) is 7.76. The molecule has 2 aromatic carbocycles. The van der Waals surface area contributed by atoms with E-state index in [-0.39, 0.29) is 17.9 Å². The third kappa shape index (κ3) is 5.89. The topological polar surface area (TPSA) is 106 Å². The summed E-state index contributed by atoms with van der Waals surface area (Å²) in [5.74, 6) is 1.54. The minimum atomic E-state index is -0.307. The van der Waals surface area contributed by atoms with Crippen LogP contribution in [0.25, 0.3) is 22.2 Å². The van der Waals surface area contributed by atoms with Gasteiger partial charge in [-0.1, -0.05) is 55.3 Å². The second-order valence-corrected chi connectivity index (χ2v) is 10.4. The lowest BCUT2D eigenvalue weighted by molar-refractivity contribution is -0.132. The normalized spacial score (nSPS) is 13.5. The van der Waals surface area contributed by atoms with Crippen molar-refractivity contribution in [3.05, 3.63) is 96.3 Å². The number of fused-ring (bicyclic) bond motifs is 1. The fourth-order valence-electron chi connectivity index (χ4n) is 5.61. The molecule has 2 amide bonds. The molecule has 41 heavy (non-hydrogen) atoms. The molecule has 1 aliphatic carbocycles. The Hall–Kier alpha value is -4.79. The Morgan fingerprint density at radius 1 is 1.07 bits per heavy atom. The standard InChI is InChI=1S/C32H32N6O3/c1-22-34-31(25-13-15-33-29(19-25)35-32(40)26-14-18-41-21-26)36-38(22)17-16-37(27-10-3-4-11-27)30(39)20-24-9-6-8-23-7-2-5-12-28(23)24/h2,5-9,12-15,18-19,21,27H,3-4,10-11,16-17,20H2,1H3,(H,33,35,40). The zero-order chi connectivity index (χ0) is 28.2. The number of aromatic nitrogens is 4. The van der Waals surface area contributed by atoms with Gasteiger partial charge in [-0.25, -0.2) is 14.6 Å². The molecule has 9 nitrogen and oxygen atoms in total. The van der Waals surface area contributed by atoms with E-state index < -0.39 is 0 Å². The summed E-state index contributed by atoms with van der Waals surface area (Å²) in [4.78, 5) is 37.1. The van der Waals surface area contributed by atoms with Gasteiger partial charge in [-0.05, 0) is 54.3 Å². The van der Waals surface area contributed by atoms with Crippen LogP contribution in [-0.4, -0.2) is 49.0 Å². The summed E-state index contributed by atoms with van der Waals surface area (Å²) in [6, 6.07) is 19.8. The maximum atomic E-state index is 13.7. The fraction of sp³-hybridized carbons (Fsp3) is 0.281. The van der Waals surface area contributed by atoms with Gasteiger partial charge in [0.25, 0.3) is 5.91 Å². The number of benzene rings is 2. The monoisotopic (exact) mass is 548 g/mol. The van der Waals surface area contributed by atoms with Gasteiger partial charge < -0.3 is 14.6 Å². The van der Waals surface area contributed by atoms with Gasteiger partial charge in [-0.15, -0.1) is 0 Å². The van der Waals surface area contributed by atoms with E-state index in [0.717, 1.165) is 53.4 Å². The number of hydrogen-bond acceptors (Lipinski definition) is 6. The van der Waals surface area contributed by atoms with Crippen molar-refractivity contribution in [3.8, 4) is 11.4 Å². The first-order valence-corrected chi connectivity index (χ1v) is 14.0. The predicted molar refractivity (Wildman–Crippen MR) is 156 cm³/mol. The van der Waals surface area contributed by atoms with E-state index in [1.54, 1.807) is 18.3 Å². The van der Waals surface area contributed by atoms with Gasteiger partial charge in [0, 0.05) is 24.3 Å². The van der Waals surface area contributed by atoms with E-state index in [0.29, 0.717) is 36.7 Å². The Morgan fingerprint density at radius 3 is 2.73 bits per heavy atom. The Labute approximate surface area is 238 Å². The highest BCUT2D eigenvalue weighted by atomic mass is 16.3. The second kappa shape index (κ2) is 11.8. The zero-order valence-corrected chi connectivity index (χ0v) is 23.0. The van der Waals surface area contributed by atoms with Crippen LogP contribution < -0.4 is 5.32 Å². The number of carbonyl (C=O) groups excluding carboxylic acids is 2. The summed E-state index contributed by atoms with van der Waals surface area (Å²) in [6.45, 7) is 3.03. The lowest BCUT2D eigenvalue weighted by atomic mass is 10.0. The smallest absolute Gasteiger partial charge is 0.260 e. The number of nitrogens with one attached hydrogen (secondary N) is 1. The van der Waals surface area contributed by atoms with Crippen molar-refractivity contribution in [2.75, 3.05) is 11.9 Å². The van der Waals surface area contributed by atoms with Crippen LogP contribution in [-0.2, 0) is 17.8 Å². The van der Waals surface area contributed by atoms with Crippen molar-refractivity contribution in [1.29, 1.82) is 0 Å². The first kappa shape index (κ1) is 26.4. The average molecular weight is 549 g/mol. The van der Waals surface area contributed by atoms with Crippen molar-refractivity contribution >= 4 is 28.4 Å².